The summed E-state index contributed by atoms with van der Waals surface area (Å²) in [6.45, 7) is 5.68. The molecule has 0 bridgehead atoms. The summed E-state index contributed by atoms with van der Waals surface area (Å²) >= 11 is 0. The first-order valence-corrected chi connectivity index (χ1v) is 7.54. The fourth-order valence-electron chi connectivity index (χ4n) is 1.97. The summed E-state index contributed by atoms with van der Waals surface area (Å²) in [7, 11) is 1.57. The van der Waals surface area contributed by atoms with Gasteiger partial charge in [0.2, 0.25) is 11.8 Å². The molecule has 2 N–H and O–H groups in total. The number of hydrogen-bond acceptors (Lipinski definition) is 4. The average Bonchev–Trinajstić information content (AvgIpc) is 2.83. The number of likely N-dealkylation sites (N-methyl/N-ethyl adjacent to an activating group) is 1. The van der Waals surface area contributed by atoms with E-state index in [4.69, 9.17) is 9.52 Å². The molecule has 0 aliphatic rings. The summed E-state index contributed by atoms with van der Waals surface area (Å²) in [4.78, 5) is 35.9. The first-order chi connectivity index (χ1) is 10.7. The first kappa shape index (κ1) is 18.7. The summed E-state index contributed by atoms with van der Waals surface area (Å²) in [5.41, 5.74) is 0.0860. The van der Waals surface area contributed by atoms with Crippen molar-refractivity contribution in [2.75, 3.05) is 13.6 Å². The zero-order valence-electron chi connectivity index (χ0n) is 14.0. The van der Waals surface area contributed by atoms with Gasteiger partial charge in [-0.2, -0.15) is 0 Å². The molecule has 0 aromatic carbocycles. The second-order valence-electron chi connectivity index (χ2n) is 5.95. The Morgan fingerprint density at radius 3 is 2.52 bits per heavy atom. The minimum absolute atomic E-state index is 0.0844. The molecule has 2 amide bonds. The highest BCUT2D eigenvalue weighted by atomic mass is 16.4. The zero-order chi connectivity index (χ0) is 17.6. The summed E-state index contributed by atoms with van der Waals surface area (Å²) < 4.78 is 5.33. The molecule has 0 aliphatic carbocycles. The number of rotatable bonds is 8. The molecule has 23 heavy (non-hydrogen) atoms. The van der Waals surface area contributed by atoms with E-state index in [9.17, 15) is 14.4 Å². The number of aromatic carboxylic acids is 1. The molecule has 1 aromatic heterocycles. The Labute approximate surface area is 135 Å². The lowest BCUT2D eigenvalue weighted by Crippen LogP contribution is -2.37. The third-order valence-corrected chi connectivity index (χ3v) is 3.40. The van der Waals surface area contributed by atoms with Crippen LogP contribution in [0.1, 0.15) is 48.6 Å². The van der Waals surface area contributed by atoms with Gasteiger partial charge < -0.3 is 19.7 Å². The fraction of sp³-hybridized carbons (Fsp3) is 0.562. The van der Waals surface area contributed by atoms with E-state index in [1.807, 2.05) is 13.8 Å². The third-order valence-electron chi connectivity index (χ3n) is 3.40. The van der Waals surface area contributed by atoms with Gasteiger partial charge in [-0.15, -0.1) is 0 Å². The molecular weight excluding hydrogens is 300 g/mol. The number of nitrogens with zero attached hydrogens (tertiary/aromatic N) is 1. The van der Waals surface area contributed by atoms with Crippen LogP contribution >= 0.6 is 0 Å². The van der Waals surface area contributed by atoms with Crippen LogP contribution in [0, 0.1) is 12.8 Å². The van der Waals surface area contributed by atoms with Crippen LogP contribution in [0.4, 0.5) is 0 Å². The van der Waals surface area contributed by atoms with Crippen molar-refractivity contribution in [3.05, 3.63) is 23.2 Å². The largest absolute Gasteiger partial charge is 0.478 e. The van der Waals surface area contributed by atoms with E-state index >= 15 is 0 Å². The zero-order valence-corrected chi connectivity index (χ0v) is 14.0. The second kappa shape index (κ2) is 8.36. The van der Waals surface area contributed by atoms with Crippen molar-refractivity contribution in [1.29, 1.82) is 0 Å². The Hall–Kier alpha value is -2.31. The number of carboxylic acids is 1. The maximum atomic E-state index is 12.0. The van der Waals surface area contributed by atoms with Crippen molar-refractivity contribution >= 4 is 17.8 Å². The number of hydrogen-bond donors (Lipinski definition) is 2. The Balaban J connectivity index is 2.46. The van der Waals surface area contributed by atoms with Crippen LogP contribution in [-0.2, 0) is 16.1 Å². The Morgan fingerprint density at radius 1 is 1.35 bits per heavy atom. The van der Waals surface area contributed by atoms with E-state index in [0.717, 1.165) is 6.42 Å². The van der Waals surface area contributed by atoms with Gasteiger partial charge in [0, 0.05) is 13.5 Å². The van der Waals surface area contributed by atoms with Crippen molar-refractivity contribution < 1.29 is 23.9 Å². The van der Waals surface area contributed by atoms with Gasteiger partial charge in [-0.1, -0.05) is 13.8 Å². The molecule has 0 fully saturated rings. The van der Waals surface area contributed by atoms with Gasteiger partial charge in [0.25, 0.3) is 0 Å². The van der Waals surface area contributed by atoms with E-state index in [1.54, 1.807) is 14.0 Å². The summed E-state index contributed by atoms with van der Waals surface area (Å²) in [5.74, 6) is -0.359. The van der Waals surface area contributed by atoms with Gasteiger partial charge in [0.05, 0.1) is 13.1 Å². The highest BCUT2D eigenvalue weighted by molar-refractivity contribution is 5.89. The lowest BCUT2D eigenvalue weighted by molar-refractivity contribution is -0.132. The number of aryl methyl sites for hydroxylation is 1. The van der Waals surface area contributed by atoms with Crippen molar-refractivity contribution in [2.45, 2.75) is 40.2 Å². The number of amides is 2. The second-order valence-corrected chi connectivity index (χ2v) is 5.95. The smallest absolute Gasteiger partial charge is 0.339 e. The molecule has 0 saturated carbocycles. The van der Waals surface area contributed by atoms with Crippen LogP contribution in [0.25, 0.3) is 0 Å². The van der Waals surface area contributed by atoms with E-state index in [0.29, 0.717) is 23.9 Å². The van der Waals surface area contributed by atoms with Crippen LogP contribution in [0.5, 0.6) is 0 Å². The maximum Gasteiger partial charge on any atom is 0.339 e. The van der Waals surface area contributed by atoms with Gasteiger partial charge in [-0.3, -0.25) is 9.59 Å². The quantitative estimate of drug-likeness (QED) is 0.759. The predicted octanol–water partition coefficient (Wildman–Crippen LogP) is 1.80. The number of nitrogens with one attached hydrogen (secondary N) is 1. The number of furan rings is 1. The number of carbonyl (C=O) groups excluding carboxylic acids is 2. The van der Waals surface area contributed by atoms with Crippen LogP contribution in [0.15, 0.2) is 10.5 Å². The molecule has 0 radical (unpaired) electrons. The van der Waals surface area contributed by atoms with E-state index < -0.39 is 5.97 Å². The highest BCUT2D eigenvalue weighted by Gasteiger charge is 2.17. The van der Waals surface area contributed by atoms with Crippen molar-refractivity contribution in [3.8, 4) is 0 Å². The molecule has 0 atom stereocenters. The molecule has 0 unspecified atom stereocenters. The van der Waals surface area contributed by atoms with Crippen molar-refractivity contribution in [1.82, 2.24) is 10.2 Å². The van der Waals surface area contributed by atoms with Crippen molar-refractivity contribution in [3.63, 3.8) is 0 Å². The number of carbonyl (C=O) groups is 3. The summed E-state index contributed by atoms with van der Waals surface area (Å²) in [5, 5.41) is 11.6. The molecule has 7 nitrogen and oxygen atoms in total. The van der Waals surface area contributed by atoms with Gasteiger partial charge in [-0.25, -0.2) is 4.79 Å². The van der Waals surface area contributed by atoms with E-state index in [-0.39, 0.29) is 30.5 Å². The van der Waals surface area contributed by atoms with Gasteiger partial charge >= 0.3 is 5.97 Å². The van der Waals surface area contributed by atoms with Crippen LogP contribution < -0.4 is 5.32 Å². The van der Waals surface area contributed by atoms with Crippen LogP contribution in [0.3, 0.4) is 0 Å². The highest BCUT2D eigenvalue weighted by Crippen LogP contribution is 2.16. The standard InChI is InChI=1S/C16H24N2O5/c1-10(2)5-6-14(19)17-8-15(20)18(4)9-12-7-13(16(21)22)11(3)23-12/h7,10H,5-6,8-9H2,1-4H3,(H,17,19)(H,21,22). The first-order valence-electron chi connectivity index (χ1n) is 7.54. The molecule has 1 rings (SSSR count). The molecule has 1 heterocycles. The Kier molecular flexibility index (Phi) is 6.81. The van der Waals surface area contributed by atoms with Gasteiger partial charge in [-0.05, 0) is 25.3 Å². The molecule has 1 aromatic rings. The fourth-order valence-corrected chi connectivity index (χ4v) is 1.97. The van der Waals surface area contributed by atoms with E-state index in [2.05, 4.69) is 5.32 Å². The SMILES string of the molecule is Cc1oc(CN(C)C(=O)CNC(=O)CCC(C)C)cc1C(=O)O. The monoisotopic (exact) mass is 324 g/mol. The molecular formula is C16H24N2O5. The molecule has 0 spiro atoms. The topological polar surface area (TPSA) is 99.9 Å². The molecule has 128 valence electrons. The number of carboxylic acid groups (broad SMARTS) is 1. The minimum atomic E-state index is -1.07. The Morgan fingerprint density at radius 2 is 2.00 bits per heavy atom. The normalized spacial score (nSPS) is 10.7. The van der Waals surface area contributed by atoms with Gasteiger partial charge in [0.15, 0.2) is 0 Å². The maximum absolute atomic E-state index is 12.0. The summed E-state index contributed by atoms with van der Waals surface area (Å²) in [6, 6.07) is 1.41. The lowest BCUT2D eigenvalue weighted by Gasteiger charge is -2.16. The summed E-state index contributed by atoms with van der Waals surface area (Å²) in [6.07, 6.45) is 1.17. The van der Waals surface area contributed by atoms with E-state index in [1.165, 1.54) is 11.0 Å². The molecule has 0 aliphatic heterocycles. The van der Waals surface area contributed by atoms with Crippen molar-refractivity contribution in [2.24, 2.45) is 5.92 Å². The lowest BCUT2D eigenvalue weighted by atomic mass is 10.1. The predicted molar refractivity (Wildman–Crippen MR) is 84.0 cm³/mol. The van der Waals surface area contributed by atoms with Gasteiger partial charge in [0.1, 0.15) is 17.1 Å². The molecule has 0 saturated heterocycles. The van der Waals surface area contributed by atoms with Crippen LogP contribution in [-0.4, -0.2) is 41.4 Å². The third kappa shape index (κ3) is 6.14. The molecule has 7 heteroatoms. The average molecular weight is 324 g/mol. The van der Waals surface area contributed by atoms with Crippen LogP contribution in [0.2, 0.25) is 0 Å². The Bertz CT molecular complexity index is 577. The minimum Gasteiger partial charge on any atom is -0.478 e.